The predicted octanol–water partition coefficient (Wildman–Crippen LogP) is 1.80. The smallest absolute Gasteiger partial charge is 0.289 e. The number of aromatic nitrogens is 2. The molecule has 0 spiro atoms. The van der Waals surface area contributed by atoms with Gasteiger partial charge in [-0.3, -0.25) is 4.79 Å². The molecule has 0 aliphatic rings. The minimum Gasteiger partial charge on any atom is -0.495 e. The molecule has 6 nitrogen and oxygen atoms in total. The topological polar surface area (TPSA) is 79.4 Å². The van der Waals surface area contributed by atoms with Gasteiger partial charge in [-0.1, -0.05) is 11.6 Å². The zero-order valence-electron chi connectivity index (χ0n) is 11.8. The number of halogens is 1. The van der Waals surface area contributed by atoms with E-state index in [0.29, 0.717) is 29.6 Å². The zero-order valence-corrected chi connectivity index (χ0v) is 12.6. The number of methoxy groups -OCH3 is 2. The molecule has 0 amide bonds. The quantitative estimate of drug-likeness (QED) is 0.911. The van der Waals surface area contributed by atoms with Gasteiger partial charge in [0.05, 0.1) is 31.0 Å². The first kappa shape index (κ1) is 15.3. The molecule has 0 fully saturated rings. The lowest BCUT2D eigenvalue weighted by atomic mass is 10.1. The van der Waals surface area contributed by atoms with Crippen LogP contribution in [0.1, 0.15) is 0 Å². The maximum absolute atomic E-state index is 11.9. The van der Waals surface area contributed by atoms with Crippen LogP contribution in [-0.4, -0.2) is 30.6 Å². The Morgan fingerprint density at radius 2 is 2.10 bits per heavy atom. The van der Waals surface area contributed by atoms with E-state index in [0.717, 1.165) is 5.56 Å². The largest absolute Gasteiger partial charge is 0.495 e. The summed E-state index contributed by atoms with van der Waals surface area (Å²) in [6.07, 6.45) is 0. The molecule has 2 aromatic rings. The number of ether oxygens (including phenoxy) is 2. The number of nitrogens with two attached hydrogens (primary N) is 1. The fraction of sp³-hybridized carbons (Fsp3) is 0.286. The van der Waals surface area contributed by atoms with Crippen LogP contribution in [0.4, 0.5) is 5.69 Å². The van der Waals surface area contributed by atoms with Gasteiger partial charge in [0, 0.05) is 12.7 Å². The molecule has 7 heteroatoms. The Kier molecular flexibility index (Phi) is 4.82. The van der Waals surface area contributed by atoms with Gasteiger partial charge in [0.1, 0.15) is 11.4 Å². The number of anilines is 1. The minimum absolute atomic E-state index is 0.128. The number of hydrogen-bond acceptors (Lipinski definition) is 5. The number of benzene rings is 1. The first-order valence-electron chi connectivity index (χ1n) is 6.27. The Labute approximate surface area is 127 Å². The summed E-state index contributed by atoms with van der Waals surface area (Å²) >= 11 is 6.10. The monoisotopic (exact) mass is 309 g/mol. The van der Waals surface area contributed by atoms with Crippen molar-refractivity contribution in [2.45, 2.75) is 6.54 Å². The van der Waals surface area contributed by atoms with Crippen molar-refractivity contribution in [1.82, 2.24) is 9.78 Å². The number of rotatable bonds is 5. The van der Waals surface area contributed by atoms with Crippen molar-refractivity contribution >= 4 is 17.3 Å². The molecule has 1 aromatic heterocycles. The lowest BCUT2D eigenvalue weighted by molar-refractivity contribution is 0.182. The molecule has 0 aliphatic heterocycles. The van der Waals surface area contributed by atoms with E-state index in [1.165, 1.54) is 10.7 Å². The van der Waals surface area contributed by atoms with Gasteiger partial charge in [0.2, 0.25) is 0 Å². The lowest BCUT2D eigenvalue weighted by Crippen LogP contribution is -2.27. The highest BCUT2D eigenvalue weighted by Crippen LogP contribution is 2.29. The molecule has 1 aromatic carbocycles. The number of hydrogen-bond donors (Lipinski definition) is 1. The molecule has 2 N–H and O–H groups in total. The normalized spacial score (nSPS) is 10.6. The van der Waals surface area contributed by atoms with Gasteiger partial charge in [0.25, 0.3) is 5.56 Å². The van der Waals surface area contributed by atoms with Crippen LogP contribution in [0.2, 0.25) is 5.02 Å². The van der Waals surface area contributed by atoms with Gasteiger partial charge in [-0.15, -0.1) is 0 Å². The second kappa shape index (κ2) is 6.60. The van der Waals surface area contributed by atoms with Crippen molar-refractivity contribution in [2.75, 3.05) is 26.6 Å². The lowest BCUT2D eigenvalue weighted by Gasteiger charge is -2.10. The summed E-state index contributed by atoms with van der Waals surface area (Å²) in [5, 5.41) is 4.75. The van der Waals surface area contributed by atoms with Crippen LogP contribution >= 0.6 is 11.6 Å². The SMILES string of the molecule is COCCn1nc(-c2ccc(OC)c(Cl)c2)cc(N)c1=O. The van der Waals surface area contributed by atoms with Crippen molar-refractivity contribution < 1.29 is 9.47 Å². The van der Waals surface area contributed by atoms with Crippen molar-refractivity contribution in [3.8, 4) is 17.0 Å². The number of nitrogen functional groups attached to an aromatic ring is 1. The van der Waals surface area contributed by atoms with E-state index in [4.69, 9.17) is 26.8 Å². The van der Waals surface area contributed by atoms with Crippen LogP contribution in [0.3, 0.4) is 0 Å². The van der Waals surface area contributed by atoms with Crippen LogP contribution in [0.5, 0.6) is 5.75 Å². The Morgan fingerprint density at radius 1 is 1.33 bits per heavy atom. The third-order valence-corrected chi connectivity index (χ3v) is 3.25. The molecule has 0 saturated carbocycles. The first-order chi connectivity index (χ1) is 10.1. The molecule has 0 unspecified atom stereocenters. The van der Waals surface area contributed by atoms with E-state index in [1.54, 1.807) is 32.4 Å². The van der Waals surface area contributed by atoms with Gasteiger partial charge >= 0.3 is 0 Å². The Balaban J connectivity index is 2.46. The van der Waals surface area contributed by atoms with Crippen molar-refractivity contribution in [1.29, 1.82) is 0 Å². The van der Waals surface area contributed by atoms with Crippen LogP contribution in [0.15, 0.2) is 29.1 Å². The van der Waals surface area contributed by atoms with E-state index < -0.39 is 0 Å². The summed E-state index contributed by atoms with van der Waals surface area (Å²) in [5.74, 6) is 0.570. The molecule has 0 atom stereocenters. The maximum Gasteiger partial charge on any atom is 0.289 e. The van der Waals surface area contributed by atoms with Gasteiger partial charge in [0.15, 0.2) is 0 Å². The minimum atomic E-state index is -0.338. The van der Waals surface area contributed by atoms with Gasteiger partial charge in [-0.25, -0.2) is 4.68 Å². The van der Waals surface area contributed by atoms with E-state index in [2.05, 4.69) is 5.10 Å². The van der Waals surface area contributed by atoms with Crippen LogP contribution in [0, 0.1) is 0 Å². The molecule has 0 saturated heterocycles. The van der Waals surface area contributed by atoms with Gasteiger partial charge < -0.3 is 15.2 Å². The van der Waals surface area contributed by atoms with E-state index in [-0.39, 0.29) is 11.2 Å². The Bertz CT molecular complexity index is 700. The number of nitrogens with zero attached hydrogens (tertiary/aromatic N) is 2. The van der Waals surface area contributed by atoms with Gasteiger partial charge in [-0.05, 0) is 24.3 Å². The maximum atomic E-state index is 11.9. The predicted molar refractivity (Wildman–Crippen MR) is 81.8 cm³/mol. The second-order valence-electron chi connectivity index (χ2n) is 4.36. The zero-order chi connectivity index (χ0) is 15.4. The highest BCUT2D eigenvalue weighted by atomic mass is 35.5. The molecule has 1 heterocycles. The van der Waals surface area contributed by atoms with Crippen LogP contribution in [-0.2, 0) is 11.3 Å². The summed E-state index contributed by atoms with van der Waals surface area (Å²) in [7, 11) is 3.10. The third kappa shape index (κ3) is 3.34. The summed E-state index contributed by atoms with van der Waals surface area (Å²) < 4.78 is 11.3. The Hall–Kier alpha value is -2.05. The summed E-state index contributed by atoms with van der Waals surface area (Å²) in [4.78, 5) is 11.9. The average molecular weight is 310 g/mol. The average Bonchev–Trinajstić information content (AvgIpc) is 2.48. The highest BCUT2D eigenvalue weighted by Gasteiger charge is 2.10. The molecule has 0 aliphatic carbocycles. The molecule has 0 radical (unpaired) electrons. The van der Waals surface area contributed by atoms with Crippen molar-refractivity contribution in [2.24, 2.45) is 0 Å². The molecule has 112 valence electrons. The molecular formula is C14H16ClN3O3. The third-order valence-electron chi connectivity index (χ3n) is 2.96. The Morgan fingerprint density at radius 3 is 2.71 bits per heavy atom. The van der Waals surface area contributed by atoms with E-state index >= 15 is 0 Å². The summed E-state index contributed by atoms with van der Waals surface area (Å²) in [6, 6.07) is 6.79. The molecule has 0 bridgehead atoms. The first-order valence-corrected chi connectivity index (χ1v) is 6.65. The fourth-order valence-corrected chi connectivity index (χ4v) is 2.12. The van der Waals surface area contributed by atoms with Crippen molar-refractivity contribution in [3.63, 3.8) is 0 Å². The fourth-order valence-electron chi connectivity index (χ4n) is 1.86. The molecular weight excluding hydrogens is 294 g/mol. The highest BCUT2D eigenvalue weighted by molar-refractivity contribution is 6.32. The van der Waals surface area contributed by atoms with Crippen LogP contribution < -0.4 is 16.0 Å². The van der Waals surface area contributed by atoms with E-state index in [1.807, 2.05) is 0 Å². The standard InChI is InChI=1S/C14H16ClN3O3/c1-20-6-5-18-14(19)11(16)8-12(17-18)9-3-4-13(21-2)10(15)7-9/h3-4,7-8H,5-6,16H2,1-2H3. The molecule has 2 rings (SSSR count). The van der Waals surface area contributed by atoms with Gasteiger partial charge in [-0.2, -0.15) is 5.10 Å². The van der Waals surface area contributed by atoms with Crippen molar-refractivity contribution in [3.05, 3.63) is 39.6 Å². The molecule has 21 heavy (non-hydrogen) atoms. The van der Waals surface area contributed by atoms with Crippen LogP contribution in [0.25, 0.3) is 11.3 Å². The van der Waals surface area contributed by atoms with E-state index in [9.17, 15) is 4.79 Å². The summed E-state index contributed by atoms with van der Waals surface area (Å²) in [6.45, 7) is 0.705. The summed E-state index contributed by atoms with van der Waals surface area (Å²) in [5.41, 5.74) is 6.85. The second-order valence-corrected chi connectivity index (χ2v) is 4.76.